The zero-order valence-corrected chi connectivity index (χ0v) is 10.2. The van der Waals surface area contributed by atoms with Crippen LogP contribution in [0.5, 0.6) is 0 Å². The average Bonchev–Trinajstić information content (AvgIpc) is 2.11. The van der Waals surface area contributed by atoms with Crippen molar-refractivity contribution in [3.8, 4) is 0 Å². The Morgan fingerprint density at radius 1 is 1.29 bits per heavy atom. The maximum absolute atomic E-state index is 11.1. The van der Waals surface area contributed by atoms with Crippen LogP contribution in [0.2, 0.25) is 0 Å². The second-order valence-electron chi connectivity index (χ2n) is 4.03. The molecule has 0 rings (SSSR count). The molecule has 1 amide bonds. The van der Waals surface area contributed by atoms with E-state index in [1.54, 1.807) is 6.92 Å². The van der Waals surface area contributed by atoms with E-state index < -0.39 is 0 Å². The maximum Gasteiger partial charge on any atom is 0.219 e. The zero-order valence-electron chi connectivity index (χ0n) is 10.2. The Morgan fingerprint density at radius 2 is 1.86 bits per heavy atom. The molecule has 84 valence electrons. The smallest absolute Gasteiger partial charge is 0.219 e. The van der Waals surface area contributed by atoms with Crippen LogP contribution in [0.15, 0.2) is 0 Å². The number of hydrogen-bond donors (Lipinski definition) is 0. The third kappa shape index (κ3) is 5.22. The summed E-state index contributed by atoms with van der Waals surface area (Å²) in [7, 11) is 2.12. The highest BCUT2D eigenvalue weighted by Crippen LogP contribution is 1.97. The normalized spacial score (nSPS) is 11.1. The van der Waals surface area contributed by atoms with Gasteiger partial charge in [0.1, 0.15) is 0 Å². The molecule has 0 unspecified atom stereocenters. The Morgan fingerprint density at radius 3 is 2.21 bits per heavy atom. The van der Waals surface area contributed by atoms with Gasteiger partial charge in [-0.05, 0) is 40.8 Å². The number of amides is 1. The minimum atomic E-state index is 0.180. The molecule has 14 heavy (non-hydrogen) atoms. The number of carbonyl (C=O) groups is 1. The average molecular weight is 200 g/mol. The van der Waals surface area contributed by atoms with Crippen molar-refractivity contribution in [2.24, 2.45) is 0 Å². The molecule has 0 heterocycles. The predicted octanol–water partition coefficient (Wildman–Crippen LogP) is 1.59. The van der Waals surface area contributed by atoms with Crippen LogP contribution in [-0.4, -0.2) is 48.4 Å². The van der Waals surface area contributed by atoms with Crippen LogP contribution in [0.25, 0.3) is 0 Å². The summed E-state index contributed by atoms with van der Waals surface area (Å²) in [6, 6.07) is 0.586. The van der Waals surface area contributed by atoms with Gasteiger partial charge in [0.2, 0.25) is 5.91 Å². The van der Waals surface area contributed by atoms with Gasteiger partial charge >= 0.3 is 0 Å². The van der Waals surface area contributed by atoms with Crippen LogP contribution in [-0.2, 0) is 4.79 Å². The summed E-state index contributed by atoms with van der Waals surface area (Å²) < 4.78 is 0. The minimum Gasteiger partial charge on any atom is -0.343 e. The fraction of sp³-hybridized carbons (Fsp3) is 0.909. The Balaban J connectivity index is 3.66. The molecule has 0 radical (unpaired) electrons. The molecule has 0 N–H and O–H groups in total. The van der Waals surface area contributed by atoms with E-state index in [9.17, 15) is 4.79 Å². The number of hydrogen-bond acceptors (Lipinski definition) is 2. The molecule has 3 nitrogen and oxygen atoms in total. The van der Waals surface area contributed by atoms with Crippen molar-refractivity contribution < 1.29 is 4.79 Å². The highest BCUT2D eigenvalue weighted by atomic mass is 16.2. The lowest BCUT2D eigenvalue weighted by molar-refractivity contribution is -0.128. The van der Waals surface area contributed by atoms with E-state index in [1.165, 1.54) is 0 Å². The van der Waals surface area contributed by atoms with Crippen LogP contribution in [0.4, 0.5) is 0 Å². The SMILES string of the molecule is CCN(CCCN(C)C(C)C)C(C)=O. The second kappa shape index (κ2) is 6.82. The standard InChI is InChI=1S/C11H24N2O/c1-6-13(11(4)14)9-7-8-12(5)10(2)3/h10H,6-9H2,1-5H3. The molecule has 0 aliphatic carbocycles. The summed E-state index contributed by atoms with van der Waals surface area (Å²) in [5.41, 5.74) is 0. The molecule has 0 atom stereocenters. The quantitative estimate of drug-likeness (QED) is 0.650. The van der Waals surface area contributed by atoms with Gasteiger partial charge in [-0.15, -0.1) is 0 Å². The van der Waals surface area contributed by atoms with Crippen LogP contribution in [0.1, 0.15) is 34.1 Å². The molecule has 0 bridgehead atoms. The van der Waals surface area contributed by atoms with Crippen LogP contribution >= 0.6 is 0 Å². The van der Waals surface area contributed by atoms with Crippen molar-refractivity contribution in [3.05, 3.63) is 0 Å². The molecule has 0 saturated heterocycles. The molecule has 0 spiro atoms. The maximum atomic E-state index is 11.1. The summed E-state index contributed by atoms with van der Waals surface area (Å²) >= 11 is 0. The molecule has 0 aromatic carbocycles. The molecule has 0 saturated carbocycles. The van der Waals surface area contributed by atoms with Gasteiger partial charge in [0.15, 0.2) is 0 Å². The van der Waals surface area contributed by atoms with Gasteiger partial charge in [0.25, 0.3) is 0 Å². The largest absolute Gasteiger partial charge is 0.343 e. The van der Waals surface area contributed by atoms with E-state index in [4.69, 9.17) is 0 Å². The summed E-state index contributed by atoms with van der Waals surface area (Å²) in [6.07, 6.45) is 1.06. The van der Waals surface area contributed by atoms with Crippen LogP contribution in [0.3, 0.4) is 0 Å². The van der Waals surface area contributed by atoms with Gasteiger partial charge in [-0.2, -0.15) is 0 Å². The van der Waals surface area contributed by atoms with E-state index in [0.717, 1.165) is 26.1 Å². The van der Waals surface area contributed by atoms with Crippen molar-refractivity contribution in [3.63, 3.8) is 0 Å². The first-order chi connectivity index (χ1) is 6.49. The van der Waals surface area contributed by atoms with Crippen molar-refractivity contribution in [2.45, 2.75) is 40.2 Å². The number of carbonyl (C=O) groups excluding carboxylic acids is 1. The number of rotatable bonds is 6. The highest BCUT2D eigenvalue weighted by molar-refractivity contribution is 5.73. The van der Waals surface area contributed by atoms with Gasteiger partial charge < -0.3 is 9.80 Å². The molecule has 0 aliphatic heterocycles. The van der Waals surface area contributed by atoms with Gasteiger partial charge in [-0.1, -0.05) is 0 Å². The topological polar surface area (TPSA) is 23.6 Å². The molecule has 0 fully saturated rings. The Labute approximate surface area is 88.1 Å². The van der Waals surface area contributed by atoms with Crippen molar-refractivity contribution in [1.29, 1.82) is 0 Å². The molecular weight excluding hydrogens is 176 g/mol. The lowest BCUT2D eigenvalue weighted by Crippen LogP contribution is -2.33. The molecular formula is C11H24N2O. The van der Waals surface area contributed by atoms with Crippen LogP contribution in [0, 0.1) is 0 Å². The van der Waals surface area contributed by atoms with E-state index >= 15 is 0 Å². The third-order valence-corrected chi connectivity index (χ3v) is 2.65. The Hall–Kier alpha value is -0.570. The summed E-state index contributed by atoms with van der Waals surface area (Å²) in [4.78, 5) is 15.3. The zero-order chi connectivity index (χ0) is 11.1. The van der Waals surface area contributed by atoms with Gasteiger partial charge in [-0.25, -0.2) is 0 Å². The second-order valence-corrected chi connectivity index (χ2v) is 4.03. The Kier molecular flexibility index (Phi) is 6.54. The van der Waals surface area contributed by atoms with Gasteiger partial charge in [0.05, 0.1) is 0 Å². The fourth-order valence-corrected chi connectivity index (χ4v) is 1.31. The lowest BCUT2D eigenvalue weighted by Gasteiger charge is -2.23. The summed E-state index contributed by atoms with van der Waals surface area (Å²) in [6.45, 7) is 10.8. The summed E-state index contributed by atoms with van der Waals surface area (Å²) in [5, 5.41) is 0. The molecule has 0 aromatic heterocycles. The Bertz CT molecular complexity index is 169. The van der Waals surface area contributed by atoms with E-state index in [0.29, 0.717) is 6.04 Å². The monoisotopic (exact) mass is 200 g/mol. The fourth-order valence-electron chi connectivity index (χ4n) is 1.31. The van der Waals surface area contributed by atoms with E-state index in [2.05, 4.69) is 25.8 Å². The lowest BCUT2D eigenvalue weighted by atomic mass is 10.3. The number of nitrogens with zero attached hydrogens (tertiary/aromatic N) is 2. The molecule has 0 aromatic rings. The summed E-state index contributed by atoms with van der Waals surface area (Å²) in [5.74, 6) is 0.180. The first-order valence-corrected chi connectivity index (χ1v) is 5.44. The predicted molar refractivity (Wildman–Crippen MR) is 60.3 cm³/mol. The van der Waals surface area contributed by atoms with E-state index in [1.807, 2.05) is 11.8 Å². The molecule has 3 heteroatoms. The van der Waals surface area contributed by atoms with Crippen molar-refractivity contribution in [2.75, 3.05) is 26.7 Å². The molecule has 0 aliphatic rings. The third-order valence-electron chi connectivity index (χ3n) is 2.65. The van der Waals surface area contributed by atoms with Crippen molar-refractivity contribution >= 4 is 5.91 Å². The van der Waals surface area contributed by atoms with Gasteiger partial charge in [0, 0.05) is 26.1 Å². The van der Waals surface area contributed by atoms with Gasteiger partial charge in [-0.3, -0.25) is 4.79 Å². The first-order valence-electron chi connectivity index (χ1n) is 5.44. The van der Waals surface area contributed by atoms with Crippen molar-refractivity contribution in [1.82, 2.24) is 9.80 Å². The highest BCUT2D eigenvalue weighted by Gasteiger charge is 2.07. The first kappa shape index (κ1) is 13.4. The van der Waals surface area contributed by atoms with E-state index in [-0.39, 0.29) is 5.91 Å². The minimum absolute atomic E-state index is 0.180. The van der Waals surface area contributed by atoms with Crippen LogP contribution < -0.4 is 0 Å².